The third kappa shape index (κ3) is 5.81. The highest BCUT2D eigenvalue weighted by atomic mass is 32.2. The molecule has 148 valence electrons. The standard InChI is InChI=1S/C23H17F4NS/c1-16-6-10-18(11-7-16)28-22(14-15-29-19-12-8-17(24)9-13-19)20-4-2-3-5-21(20)23(25,26)27/h2-15H,1H3/b15-14+,28-22-. The molecular weight excluding hydrogens is 398 g/mol. The van der Waals surface area contributed by atoms with Crippen LogP contribution in [0.15, 0.2) is 94.2 Å². The van der Waals surface area contributed by atoms with E-state index in [2.05, 4.69) is 4.99 Å². The number of alkyl halides is 3. The summed E-state index contributed by atoms with van der Waals surface area (Å²) in [7, 11) is 0. The van der Waals surface area contributed by atoms with Crippen molar-refractivity contribution < 1.29 is 17.6 Å². The van der Waals surface area contributed by atoms with Crippen molar-refractivity contribution in [2.45, 2.75) is 18.0 Å². The molecule has 0 spiro atoms. The fourth-order valence-electron chi connectivity index (χ4n) is 2.59. The Morgan fingerprint density at radius 3 is 2.21 bits per heavy atom. The van der Waals surface area contributed by atoms with Gasteiger partial charge in [0, 0.05) is 10.5 Å². The van der Waals surface area contributed by atoms with Crippen molar-refractivity contribution in [1.29, 1.82) is 0 Å². The van der Waals surface area contributed by atoms with Gasteiger partial charge in [-0.1, -0.05) is 47.7 Å². The number of nitrogens with zero attached hydrogens (tertiary/aromatic N) is 1. The molecule has 0 aliphatic rings. The molecular formula is C23H17F4NS. The SMILES string of the molecule is Cc1ccc(/N=C(/C=C/Sc2ccc(F)cc2)c2ccccc2C(F)(F)F)cc1. The van der Waals surface area contributed by atoms with Crippen LogP contribution in [-0.2, 0) is 6.18 Å². The summed E-state index contributed by atoms with van der Waals surface area (Å²) in [5, 5.41) is 1.65. The Hall–Kier alpha value is -2.86. The first-order valence-corrected chi connectivity index (χ1v) is 9.61. The molecule has 0 saturated carbocycles. The van der Waals surface area contributed by atoms with Gasteiger partial charge in [0.15, 0.2) is 0 Å². The molecule has 0 unspecified atom stereocenters. The van der Waals surface area contributed by atoms with Crippen molar-refractivity contribution in [3.63, 3.8) is 0 Å². The number of benzene rings is 3. The number of halogens is 4. The average molecular weight is 415 g/mol. The van der Waals surface area contributed by atoms with Crippen LogP contribution in [0.2, 0.25) is 0 Å². The zero-order valence-corrected chi connectivity index (χ0v) is 16.3. The molecule has 0 radical (unpaired) electrons. The lowest BCUT2D eigenvalue weighted by atomic mass is 10.0. The molecule has 3 aromatic rings. The first kappa shape index (κ1) is 20.9. The second-order valence-electron chi connectivity index (χ2n) is 6.25. The Labute approximate surface area is 170 Å². The van der Waals surface area contributed by atoms with Crippen LogP contribution in [0.1, 0.15) is 16.7 Å². The maximum absolute atomic E-state index is 13.5. The Morgan fingerprint density at radius 2 is 1.55 bits per heavy atom. The monoisotopic (exact) mass is 415 g/mol. The number of rotatable bonds is 5. The molecule has 0 fully saturated rings. The first-order valence-electron chi connectivity index (χ1n) is 8.74. The molecule has 3 aromatic carbocycles. The molecule has 0 heterocycles. The second-order valence-corrected chi connectivity index (χ2v) is 7.23. The van der Waals surface area contributed by atoms with E-state index in [4.69, 9.17) is 0 Å². The van der Waals surface area contributed by atoms with Crippen LogP contribution < -0.4 is 0 Å². The van der Waals surface area contributed by atoms with Crippen molar-refractivity contribution in [1.82, 2.24) is 0 Å². The zero-order valence-electron chi connectivity index (χ0n) is 15.5. The third-order valence-electron chi connectivity index (χ3n) is 4.04. The van der Waals surface area contributed by atoms with Crippen molar-refractivity contribution in [3.05, 3.63) is 107 Å². The number of aryl methyl sites for hydroxylation is 1. The van der Waals surface area contributed by atoms with E-state index in [1.807, 2.05) is 19.1 Å². The van der Waals surface area contributed by atoms with E-state index in [0.717, 1.165) is 16.5 Å². The summed E-state index contributed by atoms with van der Waals surface area (Å²) in [6.45, 7) is 1.92. The highest BCUT2D eigenvalue weighted by Crippen LogP contribution is 2.33. The van der Waals surface area contributed by atoms with Gasteiger partial charge < -0.3 is 0 Å². The van der Waals surface area contributed by atoms with E-state index in [1.54, 1.807) is 41.8 Å². The van der Waals surface area contributed by atoms with E-state index in [0.29, 0.717) is 5.69 Å². The Morgan fingerprint density at radius 1 is 0.897 bits per heavy atom. The highest BCUT2D eigenvalue weighted by Gasteiger charge is 2.33. The minimum Gasteiger partial charge on any atom is -0.248 e. The number of allylic oxidation sites excluding steroid dienone is 1. The molecule has 3 rings (SSSR count). The number of hydrogen-bond donors (Lipinski definition) is 0. The molecule has 0 aromatic heterocycles. The second kappa shape index (κ2) is 9.09. The normalized spacial score (nSPS) is 12.5. The summed E-state index contributed by atoms with van der Waals surface area (Å²) in [4.78, 5) is 5.21. The van der Waals surface area contributed by atoms with Crippen LogP contribution >= 0.6 is 11.8 Å². The number of aliphatic imine (C=N–C) groups is 1. The van der Waals surface area contributed by atoms with Crippen LogP contribution in [0.5, 0.6) is 0 Å². The molecule has 0 saturated heterocycles. The van der Waals surface area contributed by atoms with E-state index in [1.165, 1.54) is 36.0 Å². The van der Waals surface area contributed by atoms with Gasteiger partial charge in [0.25, 0.3) is 0 Å². The van der Waals surface area contributed by atoms with E-state index in [9.17, 15) is 17.6 Å². The van der Waals surface area contributed by atoms with Crippen molar-refractivity contribution in [3.8, 4) is 0 Å². The Kier molecular flexibility index (Phi) is 6.54. The summed E-state index contributed by atoms with van der Waals surface area (Å²) in [5.74, 6) is -0.348. The van der Waals surface area contributed by atoms with E-state index >= 15 is 0 Å². The fraction of sp³-hybridized carbons (Fsp3) is 0.0870. The summed E-state index contributed by atoms with van der Waals surface area (Å²) in [6, 6.07) is 18.4. The lowest BCUT2D eigenvalue weighted by Gasteiger charge is -2.13. The molecule has 0 amide bonds. The first-order chi connectivity index (χ1) is 13.8. The van der Waals surface area contributed by atoms with Gasteiger partial charge in [-0.05, 0) is 60.9 Å². The lowest BCUT2D eigenvalue weighted by molar-refractivity contribution is -0.137. The maximum Gasteiger partial charge on any atom is 0.417 e. The topological polar surface area (TPSA) is 12.4 Å². The minimum absolute atomic E-state index is 0.00321. The highest BCUT2D eigenvalue weighted by molar-refractivity contribution is 8.02. The summed E-state index contributed by atoms with van der Waals surface area (Å²) in [5.41, 5.74) is 1.03. The Bertz CT molecular complexity index is 1020. The van der Waals surface area contributed by atoms with E-state index in [-0.39, 0.29) is 17.1 Å². The van der Waals surface area contributed by atoms with Crippen molar-refractivity contribution in [2.75, 3.05) is 0 Å². The van der Waals surface area contributed by atoms with Gasteiger partial charge in [-0.3, -0.25) is 0 Å². The summed E-state index contributed by atoms with van der Waals surface area (Å²) < 4.78 is 53.5. The van der Waals surface area contributed by atoms with Gasteiger partial charge in [0.1, 0.15) is 5.82 Å². The van der Waals surface area contributed by atoms with Crippen LogP contribution in [-0.4, -0.2) is 5.71 Å². The lowest BCUT2D eigenvalue weighted by Crippen LogP contribution is -2.12. The molecule has 29 heavy (non-hydrogen) atoms. The van der Waals surface area contributed by atoms with Gasteiger partial charge in [-0.2, -0.15) is 13.2 Å². The van der Waals surface area contributed by atoms with Crippen molar-refractivity contribution in [2.24, 2.45) is 4.99 Å². The predicted octanol–water partition coefficient (Wildman–Crippen LogP) is 7.58. The zero-order chi connectivity index (χ0) is 20.9. The molecule has 1 nitrogen and oxygen atoms in total. The smallest absolute Gasteiger partial charge is 0.248 e. The van der Waals surface area contributed by atoms with Crippen LogP contribution in [0.4, 0.5) is 23.2 Å². The van der Waals surface area contributed by atoms with Crippen molar-refractivity contribution >= 4 is 23.2 Å². The quantitative estimate of drug-likeness (QED) is 0.238. The number of thioether (sulfide) groups is 1. The van der Waals surface area contributed by atoms with Gasteiger partial charge >= 0.3 is 6.18 Å². The molecule has 0 bridgehead atoms. The Balaban J connectivity index is 1.99. The molecule has 0 N–H and O–H groups in total. The summed E-state index contributed by atoms with van der Waals surface area (Å²) >= 11 is 1.27. The summed E-state index contributed by atoms with van der Waals surface area (Å²) in [6.07, 6.45) is -2.96. The van der Waals surface area contributed by atoms with Gasteiger partial charge in [0.05, 0.1) is 17.0 Å². The van der Waals surface area contributed by atoms with Gasteiger partial charge in [-0.25, -0.2) is 9.38 Å². The molecule has 0 aliphatic carbocycles. The van der Waals surface area contributed by atoms with E-state index < -0.39 is 11.7 Å². The maximum atomic E-state index is 13.5. The predicted molar refractivity (Wildman–Crippen MR) is 110 cm³/mol. The minimum atomic E-state index is -4.50. The molecule has 0 aliphatic heterocycles. The largest absolute Gasteiger partial charge is 0.417 e. The van der Waals surface area contributed by atoms with Crippen LogP contribution in [0.3, 0.4) is 0 Å². The fourth-order valence-corrected chi connectivity index (χ4v) is 3.24. The van der Waals surface area contributed by atoms with Crippen LogP contribution in [0, 0.1) is 12.7 Å². The third-order valence-corrected chi connectivity index (χ3v) is 4.85. The molecule has 6 heteroatoms. The van der Waals surface area contributed by atoms with Crippen LogP contribution in [0.25, 0.3) is 0 Å². The van der Waals surface area contributed by atoms with Gasteiger partial charge in [0.2, 0.25) is 0 Å². The average Bonchev–Trinajstić information content (AvgIpc) is 2.69. The number of hydrogen-bond acceptors (Lipinski definition) is 2. The van der Waals surface area contributed by atoms with Gasteiger partial charge in [-0.15, -0.1) is 0 Å². The molecule has 0 atom stereocenters.